The molecule has 0 saturated heterocycles. The number of carbonyl (C=O) groups excluding carboxylic acids is 1. The van der Waals surface area contributed by atoms with E-state index in [0.29, 0.717) is 48.9 Å². The number of halogens is 3. The summed E-state index contributed by atoms with van der Waals surface area (Å²) in [5.41, 5.74) is 8.85. The zero-order chi connectivity index (χ0) is 19.8. The van der Waals surface area contributed by atoms with Crippen LogP contribution in [0.25, 0.3) is 22.6 Å². The Balaban J connectivity index is 1.71. The lowest BCUT2D eigenvalue weighted by molar-refractivity contribution is 0.102. The molecule has 1 amide bonds. The molecule has 28 heavy (non-hydrogen) atoms. The first-order valence-electron chi connectivity index (χ1n) is 8.09. The van der Waals surface area contributed by atoms with Crippen molar-refractivity contribution in [3.05, 3.63) is 69.3 Å². The molecule has 0 radical (unpaired) electrons. The summed E-state index contributed by atoms with van der Waals surface area (Å²) in [6, 6.07) is 11.8. The summed E-state index contributed by atoms with van der Waals surface area (Å²) in [5, 5.41) is 4.06. The van der Waals surface area contributed by atoms with E-state index in [9.17, 15) is 4.79 Å². The number of amides is 1. The quantitative estimate of drug-likeness (QED) is 0.377. The van der Waals surface area contributed by atoms with E-state index >= 15 is 0 Å². The highest BCUT2D eigenvalue weighted by atomic mass is 35.5. The number of rotatable bonds is 3. The predicted molar refractivity (Wildman–Crippen MR) is 113 cm³/mol. The van der Waals surface area contributed by atoms with Crippen LogP contribution in [0.15, 0.2) is 48.7 Å². The largest absolute Gasteiger partial charge is 0.396 e. The molecule has 0 saturated carbocycles. The first-order valence-corrected chi connectivity index (χ1v) is 9.22. The predicted octanol–water partition coefficient (Wildman–Crippen LogP) is 5.42. The van der Waals surface area contributed by atoms with E-state index in [-0.39, 0.29) is 11.6 Å². The third-order valence-electron chi connectivity index (χ3n) is 4.05. The van der Waals surface area contributed by atoms with Crippen molar-refractivity contribution in [1.29, 1.82) is 0 Å². The molecule has 0 aliphatic rings. The number of imidazole rings is 1. The van der Waals surface area contributed by atoms with Crippen LogP contribution in [-0.2, 0) is 0 Å². The van der Waals surface area contributed by atoms with Gasteiger partial charge in [-0.15, -0.1) is 0 Å². The molecule has 0 aliphatic carbocycles. The Morgan fingerprint density at radius 2 is 1.89 bits per heavy atom. The van der Waals surface area contributed by atoms with Crippen LogP contribution >= 0.6 is 34.8 Å². The SMILES string of the molecule is Nc1c(C(=O)Nc2cccc(Cl)c2)ccc2[nH]c(-c3ncc(Cl)cc3Cl)nc12. The van der Waals surface area contributed by atoms with Gasteiger partial charge in [0.05, 0.1) is 26.8 Å². The second kappa shape index (κ2) is 7.31. The van der Waals surface area contributed by atoms with Crippen molar-refractivity contribution >= 4 is 63.1 Å². The van der Waals surface area contributed by atoms with E-state index in [1.807, 2.05) is 0 Å². The molecule has 4 N–H and O–H groups in total. The summed E-state index contributed by atoms with van der Waals surface area (Å²) in [4.78, 5) is 24.4. The van der Waals surface area contributed by atoms with Crippen molar-refractivity contribution in [3.63, 3.8) is 0 Å². The molecule has 0 fully saturated rings. The van der Waals surface area contributed by atoms with E-state index in [2.05, 4.69) is 20.3 Å². The van der Waals surface area contributed by atoms with Gasteiger partial charge in [0.15, 0.2) is 5.82 Å². The number of benzene rings is 2. The Hall–Kier alpha value is -2.80. The number of hydrogen-bond acceptors (Lipinski definition) is 4. The van der Waals surface area contributed by atoms with Gasteiger partial charge >= 0.3 is 0 Å². The van der Waals surface area contributed by atoms with Gasteiger partial charge in [0.1, 0.15) is 11.2 Å². The van der Waals surface area contributed by atoms with Crippen LogP contribution in [0.1, 0.15) is 10.4 Å². The number of pyridine rings is 1. The van der Waals surface area contributed by atoms with Crippen LogP contribution in [-0.4, -0.2) is 20.9 Å². The summed E-state index contributed by atoms with van der Waals surface area (Å²) in [5.74, 6) is 0.0598. The highest BCUT2D eigenvalue weighted by Crippen LogP contribution is 2.30. The lowest BCUT2D eigenvalue weighted by atomic mass is 10.1. The van der Waals surface area contributed by atoms with Gasteiger partial charge in [-0.1, -0.05) is 40.9 Å². The van der Waals surface area contributed by atoms with Crippen LogP contribution in [0.4, 0.5) is 11.4 Å². The Morgan fingerprint density at radius 3 is 2.64 bits per heavy atom. The minimum absolute atomic E-state index is 0.240. The average Bonchev–Trinajstić information content (AvgIpc) is 3.06. The molecular weight excluding hydrogens is 421 g/mol. The number of hydrogen-bond donors (Lipinski definition) is 3. The van der Waals surface area contributed by atoms with Gasteiger partial charge < -0.3 is 16.0 Å². The smallest absolute Gasteiger partial charge is 0.257 e. The standard InChI is InChI=1S/C19H12Cl3N5O/c20-9-2-1-3-11(6-9)25-19(28)12-4-5-14-17(15(12)23)27-18(26-14)16-13(22)7-10(21)8-24-16/h1-8H,23H2,(H,25,28)(H,26,27). The summed E-state index contributed by atoms with van der Waals surface area (Å²) < 4.78 is 0. The molecule has 9 heteroatoms. The van der Waals surface area contributed by atoms with Gasteiger partial charge in [0, 0.05) is 16.9 Å². The lowest BCUT2D eigenvalue weighted by Crippen LogP contribution is -2.14. The fraction of sp³-hybridized carbons (Fsp3) is 0. The molecule has 2 heterocycles. The van der Waals surface area contributed by atoms with E-state index in [4.69, 9.17) is 40.5 Å². The average molecular weight is 433 g/mol. The van der Waals surface area contributed by atoms with Gasteiger partial charge in [-0.05, 0) is 36.4 Å². The van der Waals surface area contributed by atoms with Gasteiger partial charge in [0.25, 0.3) is 5.91 Å². The van der Waals surface area contributed by atoms with Crippen LogP contribution in [0, 0.1) is 0 Å². The Bertz CT molecular complexity index is 1220. The fourth-order valence-corrected chi connectivity index (χ4v) is 3.42. The third kappa shape index (κ3) is 3.49. The molecule has 0 unspecified atom stereocenters. The van der Waals surface area contributed by atoms with Crippen LogP contribution in [0.3, 0.4) is 0 Å². The van der Waals surface area contributed by atoms with Crippen molar-refractivity contribution in [1.82, 2.24) is 15.0 Å². The normalized spacial score (nSPS) is 11.0. The van der Waals surface area contributed by atoms with Crippen molar-refractivity contribution in [2.45, 2.75) is 0 Å². The summed E-state index contributed by atoms with van der Waals surface area (Å²) >= 11 is 18.0. The molecule has 6 nitrogen and oxygen atoms in total. The first-order chi connectivity index (χ1) is 13.4. The first kappa shape index (κ1) is 18.6. The maximum Gasteiger partial charge on any atom is 0.257 e. The number of nitrogens with one attached hydrogen (secondary N) is 2. The number of H-pyrrole nitrogens is 1. The summed E-state index contributed by atoms with van der Waals surface area (Å²) in [7, 11) is 0. The molecule has 0 spiro atoms. The second-order valence-corrected chi connectivity index (χ2v) is 7.24. The molecule has 4 rings (SSSR count). The van der Waals surface area contributed by atoms with Crippen LogP contribution in [0.5, 0.6) is 0 Å². The molecule has 2 aromatic heterocycles. The number of carbonyl (C=O) groups is 1. The van der Waals surface area contributed by atoms with E-state index < -0.39 is 0 Å². The second-order valence-electron chi connectivity index (χ2n) is 5.96. The minimum atomic E-state index is -0.367. The van der Waals surface area contributed by atoms with Crippen LogP contribution in [0.2, 0.25) is 15.1 Å². The number of fused-ring (bicyclic) bond motifs is 1. The summed E-state index contributed by atoms with van der Waals surface area (Å²) in [6.07, 6.45) is 1.48. The third-order valence-corrected chi connectivity index (χ3v) is 4.78. The molecule has 0 aliphatic heterocycles. The molecular formula is C19H12Cl3N5O. The van der Waals surface area contributed by atoms with Crippen molar-refractivity contribution in [2.24, 2.45) is 0 Å². The van der Waals surface area contributed by atoms with E-state index in [0.717, 1.165) is 0 Å². The number of nitrogens with zero attached hydrogens (tertiary/aromatic N) is 2. The molecule has 0 atom stereocenters. The highest BCUT2D eigenvalue weighted by Gasteiger charge is 2.17. The molecule has 140 valence electrons. The molecule has 0 bridgehead atoms. The van der Waals surface area contributed by atoms with Gasteiger partial charge in [-0.2, -0.15) is 0 Å². The van der Waals surface area contributed by atoms with Crippen molar-refractivity contribution in [3.8, 4) is 11.5 Å². The number of nitrogens with two attached hydrogens (primary N) is 1. The maximum atomic E-state index is 12.6. The minimum Gasteiger partial charge on any atom is -0.396 e. The number of aromatic amines is 1. The van der Waals surface area contributed by atoms with Crippen molar-refractivity contribution in [2.75, 3.05) is 11.1 Å². The number of aromatic nitrogens is 3. The van der Waals surface area contributed by atoms with Gasteiger partial charge in [-0.25, -0.2) is 9.97 Å². The zero-order valence-electron chi connectivity index (χ0n) is 14.1. The Kier molecular flexibility index (Phi) is 4.85. The van der Waals surface area contributed by atoms with E-state index in [1.54, 1.807) is 42.5 Å². The van der Waals surface area contributed by atoms with Gasteiger partial charge in [0.2, 0.25) is 0 Å². The monoisotopic (exact) mass is 431 g/mol. The number of anilines is 2. The van der Waals surface area contributed by atoms with Crippen molar-refractivity contribution < 1.29 is 4.79 Å². The van der Waals surface area contributed by atoms with Crippen LogP contribution < -0.4 is 11.1 Å². The lowest BCUT2D eigenvalue weighted by Gasteiger charge is -2.08. The van der Waals surface area contributed by atoms with E-state index in [1.165, 1.54) is 6.20 Å². The molecule has 2 aromatic carbocycles. The Morgan fingerprint density at radius 1 is 1.07 bits per heavy atom. The highest BCUT2D eigenvalue weighted by molar-refractivity contribution is 6.36. The molecule has 4 aromatic rings. The maximum absolute atomic E-state index is 12.6. The Labute approximate surface area is 174 Å². The zero-order valence-corrected chi connectivity index (χ0v) is 16.4. The number of nitrogen functional groups attached to an aromatic ring is 1. The summed E-state index contributed by atoms with van der Waals surface area (Å²) in [6.45, 7) is 0. The topological polar surface area (TPSA) is 96.7 Å². The van der Waals surface area contributed by atoms with Gasteiger partial charge in [-0.3, -0.25) is 4.79 Å². The fourth-order valence-electron chi connectivity index (χ4n) is 2.76.